The molecule has 0 unspecified atom stereocenters. The smallest absolute Gasteiger partial charge is 0.290 e. The van der Waals surface area contributed by atoms with Gasteiger partial charge in [0.15, 0.2) is 11.5 Å². The van der Waals surface area contributed by atoms with Gasteiger partial charge in [0.1, 0.15) is 5.58 Å². The molecule has 2 aliphatic heterocycles. The molecule has 1 fully saturated rings. The SMILES string of the molecule is CC(C)(C)c1ccc([C@@H]2C(C(=O)c3cc4ccccc4o3)=C(O)C(=O)N2CCN2CCOCC2)cc1. The monoisotopic (exact) mass is 488 g/mol. The minimum absolute atomic E-state index is 0.0368. The van der Waals surface area contributed by atoms with Crippen molar-refractivity contribution in [2.24, 2.45) is 0 Å². The van der Waals surface area contributed by atoms with Gasteiger partial charge in [0.2, 0.25) is 5.78 Å². The second-order valence-electron chi connectivity index (χ2n) is 10.5. The normalized spacial score (nSPS) is 19.5. The van der Waals surface area contributed by atoms with Crippen LogP contribution in [-0.2, 0) is 14.9 Å². The standard InChI is InChI=1S/C29H32N2O5/c1-29(2,3)21-10-8-19(9-11-21)25-24(26(32)23-18-20-6-4-5-7-22(20)36-23)27(33)28(34)31(25)13-12-30-14-16-35-17-15-30/h4-11,18,25,33H,12-17H2,1-3H3/t25-/m1/s1. The number of hydrogen-bond acceptors (Lipinski definition) is 6. The molecule has 1 N–H and O–H groups in total. The average Bonchev–Trinajstić information content (AvgIpc) is 3.42. The summed E-state index contributed by atoms with van der Waals surface area (Å²) < 4.78 is 11.3. The van der Waals surface area contributed by atoms with E-state index in [2.05, 4.69) is 25.7 Å². The molecule has 1 saturated heterocycles. The number of aliphatic hydroxyl groups excluding tert-OH is 1. The Morgan fingerprint density at radius 3 is 2.39 bits per heavy atom. The fraction of sp³-hybridized carbons (Fsp3) is 0.379. The third-order valence-corrected chi connectivity index (χ3v) is 7.05. The van der Waals surface area contributed by atoms with Crippen LogP contribution in [0.5, 0.6) is 0 Å². The van der Waals surface area contributed by atoms with E-state index < -0.39 is 23.5 Å². The van der Waals surface area contributed by atoms with Crippen LogP contribution in [-0.4, -0.2) is 66.0 Å². The fourth-order valence-corrected chi connectivity index (χ4v) is 4.93. The third-order valence-electron chi connectivity index (χ3n) is 7.05. The predicted molar refractivity (Wildman–Crippen MR) is 137 cm³/mol. The molecule has 1 aromatic heterocycles. The number of benzene rings is 2. The number of ether oxygens (including phenoxy) is 1. The molecule has 188 valence electrons. The number of para-hydroxylation sites is 1. The molecule has 0 spiro atoms. The van der Waals surface area contributed by atoms with E-state index in [-0.39, 0.29) is 16.7 Å². The molecule has 1 atom stereocenters. The van der Waals surface area contributed by atoms with E-state index in [0.29, 0.717) is 31.9 Å². The number of furan rings is 1. The zero-order valence-electron chi connectivity index (χ0n) is 21.0. The van der Waals surface area contributed by atoms with Crippen LogP contribution in [0.4, 0.5) is 0 Å². The highest BCUT2D eigenvalue weighted by atomic mass is 16.5. The first-order valence-electron chi connectivity index (χ1n) is 12.4. The first kappa shape index (κ1) is 24.3. The van der Waals surface area contributed by atoms with Crippen molar-refractivity contribution in [3.05, 3.63) is 82.8 Å². The van der Waals surface area contributed by atoms with Gasteiger partial charge >= 0.3 is 0 Å². The van der Waals surface area contributed by atoms with Crippen LogP contribution in [0.3, 0.4) is 0 Å². The van der Waals surface area contributed by atoms with Gasteiger partial charge in [0.25, 0.3) is 5.91 Å². The average molecular weight is 489 g/mol. The number of carbonyl (C=O) groups excluding carboxylic acids is 2. The second kappa shape index (κ2) is 9.56. The quantitative estimate of drug-likeness (QED) is 0.509. The topological polar surface area (TPSA) is 83.2 Å². The lowest BCUT2D eigenvalue weighted by atomic mass is 9.85. The van der Waals surface area contributed by atoms with Gasteiger partial charge in [0.05, 0.1) is 24.8 Å². The summed E-state index contributed by atoms with van der Waals surface area (Å²) in [4.78, 5) is 30.8. The molecular formula is C29H32N2O5. The molecule has 0 aliphatic carbocycles. The lowest BCUT2D eigenvalue weighted by molar-refractivity contribution is -0.129. The second-order valence-corrected chi connectivity index (χ2v) is 10.5. The van der Waals surface area contributed by atoms with Crippen molar-refractivity contribution in [3.8, 4) is 0 Å². The number of Topliss-reactive ketones (excluding diaryl/α,β-unsaturated/α-hetero) is 1. The van der Waals surface area contributed by atoms with Crippen LogP contribution >= 0.6 is 0 Å². The van der Waals surface area contributed by atoms with Crippen molar-refractivity contribution in [1.29, 1.82) is 0 Å². The Labute approximate surface area is 210 Å². The van der Waals surface area contributed by atoms with Crippen molar-refractivity contribution in [2.45, 2.75) is 32.2 Å². The molecule has 7 nitrogen and oxygen atoms in total. The molecular weight excluding hydrogens is 456 g/mol. The largest absolute Gasteiger partial charge is 0.503 e. The van der Waals surface area contributed by atoms with Crippen LogP contribution in [0.2, 0.25) is 0 Å². The number of ketones is 1. The Hall–Kier alpha value is -3.42. The summed E-state index contributed by atoms with van der Waals surface area (Å²) >= 11 is 0. The Balaban J connectivity index is 1.51. The number of rotatable bonds is 6. The molecule has 36 heavy (non-hydrogen) atoms. The van der Waals surface area contributed by atoms with Crippen LogP contribution in [0.15, 0.2) is 70.3 Å². The molecule has 7 heteroatoms. The minimum Gasteiger partial charge on any atom is -0.503 e. The van der Waals surface area contributed by atoms with Gasteiger partial charge in [-0.2, -0.15) is 0 Å². The zero-order valence-corrected chi connectivity index (χ0v) is 21.0. The maximum absolute atomic E-state index is 13.7. The van der Waals surface area contributed by atoms with Crippen LogP contribution in [0.1, 0.15) is 48.5 Å². The Morgan fingerprint density at radius 1 is 1.03 bits per heavy atom. The van der Waals surface area contributed by atoms with Crippen LogP contribution < -0.4 is 0 Å². The number of amides is 1. The van der Waals surface area contributed by atoms with Gasteiger partial charge in [-0.05, 0) is 28.7 Å². The van der Waals surface area contributed by atoms with E-state index >= 15 is 0 Å². The van der Waals surface area contributed by atoms with E-state index in [0.717, 1.165) is 29.6 Å². The molecule has 1 amide bonds. The van der Waals surface area contributed by atoms with Crippen molar-refractivity contribution in [3.63, 3.8) is 0 Å². The molecule has 3 heterocycles. The maximum atomic E-state index is 13.7. The maximum Gasteiger partial charge on any atom is 0.290 e. The summed E-state index contributed by atoms with van der Waals surface area (Å²) in [5.41, 5.74) is 2.53. The highest BCUT2D eigenvalue weighted by Gasteiger charge is 2.44. The Morgan fingerprint density at radius 2 is 1.72 bits per heavy atom. The lowest BCUT2D eigenvalue weighted by Crippen LogP contribution is -2.43. The summed E-state index contributed by atoms with van der Waals surface area (Å²) in [5, 5.41) is 11.8. The van der Waals surface area contributed by atoms with Crippen LogP contribution in [0.25, 0.3) is 11.0 Å². The Bertz CT molecular complexity index is 1280. The summed E-state index contributed by atoms with van der Waals surface area (Å²) in [6.45, 7) is 10.3. The first-order valence-corrected chi connectivity index (χ1v) is 12.4. The van der Waals surface area contributed by atoms with E-state index in [1.807, 2.05) is 42.5 Å². The highest BCUT2D eigenvalue weighted by molar-refractivity contribution is 6.16. The van der Waals surface area contributed by atoms with Gasteiger partial charge in [-0.1, -0.05) is 63.2 Å². The summed E-state index contributed by atoms with van der Waals surface area (Å²) in [7, 11) is 0. The fourth-order valence-electron chi connectivity index (χ4n) is 4.93. The van der Waals surface area contributed by atoms with Gasteiger partial charge < -0.3 is 19.2 Å². The van der Waals surface area contributed by atoms with E-state index in [1.54, 1.807) is 17.0 Å². The van der Waals surface area contributed by atoms with E-state index in [4.69, 9.17) is 9.15 Å². The van der Waals surface area contributed by atoms with Crippen LogP contribution in [0, 0.1) is 0 Å². The zero-order chi connectivity index (χ0) is 25.4. The Kier molecular flexibility index (Phi) is 6.45. The van der Waals surface area contributed by atoms with Gasteiger partial charge in [-0.25, -0.2) is 0 Å². The molecule has 3 aromatic rings. The number of hydrogen-bond donors (Lipinski definition) is 1. The van der Waals surface area contributed by atoms with Crippen molar-refractivity contribution in [2.75, 3.05) is 39.4 Å². The van der Waals surface area contributed by atoms with Crippen molar-refractivity contribution in [1.82, 2.24) is 9.80 Å². The number of morpholine rings is 1. The molecule has 2 aromatic carbocycles. The molecule has 0 radical (unpaired) electrons. The highest BCUT2D eigenvalue weighted by Crippen LogP contribution is 2.40. The lowest BCUT2D eigenvalue weighted by Gasteiger charge is -2.32. The van der Waals surface area contributed by atoms with Crippen molar-refractivity contribution < 1.29 is 23.8 Å². The molecule has 0 bridgehead atoms. The van der Waals surface area contributed by atoms with Gasteiger partial charge in [0, 0.05) is 31.6 Å². The summed E-state index contributed by atoms with van der Waals surface area (Å²) in [6.07, 6.45) is 0. The first-order chi connectivity index (χ1) is 17.2. The molecule has 2 aliphatic rings. The summed E-state index contributed by atoms with van der Waals surface area (Å²) in [5.74, 6) is -1.41. The number of aliphatic hydroxyl groups is 1. The van der Waals surface area contributed by atoms with Crippen molar-refractivity contribution >= 4 is 22.7 Å². The van der Waals surface area contributed by atoms with E-state index in [1.165, 1.54) is 0 Å². The molecule has 5 rings (SSSR count). The minimum atomic E-state index is -0.701. The third kappa shape index (κ3) is 4.56. The predicted octanol–water partition coefficient (Wildman–Crippen LogP) is 4.64. The number of carbonyl (C=O) groups is 2. The van der Waals surface area contributed by atoms with E-state index in [9.17, 15) is 14.7 Å². The summed E-state index contributed by atoms with van der Waals surface area (Å²) in [6, 6.07) is 16.3. The van der Waals surface area contributed by atoms with Gasteiger partial charge in [-0.3, -0.25) is 14.5 Å². The molecule has 0 saturated carbocycles. The van der Waals surface area contributed by atoms with Gasteiger partial charge in [-0.15, -0.1) is 0 Å². The number of fused-ring (bicyclic) bond motifs is 1. The number of nitrogens with zero attached hydrogens (tertiary/aromatic N) is 2.